The Kier molecular flexibility index (Phi) is 6.39. The minimum Gasteiger partial charge on any atom is -0.369 e. The van der Waals surface area contributed by atoms with E-state index in [4.69, 9.17) is 5.73 Å². The minimum absolute atomic E-state index is 0.462. The van der Waals surface area contributed by atoms with E-state index in [1.54, 1.807) is 0 Å². The second-order valence-corrected chi connectivity index (χ2v) is 12.2. The molecule has 0 aliphatic heterocycles. The van der Waals surface area contributed by atoms with Crippen LogP contribution in [0.15, 0.2) is 0 Å². The van der Waals surface area contributed by atoms with Crippen LogP contribution < -0.4 is 5.73 Å². The highest BCUT2D eigenvalue weighted by Gasteiger charge is 2.60. The van der Waals surface area contributed by atoms with Crippen molar-refractivity contribution in [3.63, 3.8) is 0 Å². The van der Waals surface area contributed by atoms with Crippen molar-refractivity contribution < 1.29 is 9.59 Å². The Bertz CT molecular complexity index is 647. The van der Waals surface area contributed by atoms with Crippen molar-refractivity contribution >= 4 is 12.2 Å². The van der Waals surface area contributed by atoms with E-state index in [1.807, 2.05) is 0 Å². The molecule has 1 amide bonds. The minimum atomic E-state index is -0.592. The van der Waals surface area contributed by atoms with E-state index in [1.165, 1.54) is 64.2 Å². The van der Waals surface area contributed by atoms with Gasteiger partial charge in [0.1, 0.15) is 6.29 Å². The van der Waals surface area contributed by atoms with Crippen molar-refractivity contribution in [3.8, 4) is 0 Å². The van der Waals surface area contributed by atoms with Gasteiger partial charge < -0.3 is 10.5 Å². The van der Waals surface area contributed by atoms with Gasteiger partial charge in [0.25, 0.3) is 0 Å². The van der Waals surface area contributed by atoms with Gasteiger partial charge in [0, 0.05) is 0 Å². The van der Waals surface area contributed by atoms with E-state index in [0.717, 1.165) is 48.7 Å². The fourth-order valence-electron chi connectivity index (χ4n) is 9.41. The zero-order chi connectivity index (χ0) is 21.5. The summed E-state index contributed by atoms with van der Waals surface area (Å²) in [6.07, 6.45) is 18.0. The van der Waals surface area contributed by atoms with Gasteiger partial charge in [-0.25, -0.2) is 0 Å². The molecular formula is C27H45NO2. The van der Waals surface area contributed by atoms with Crippen molar-refractivity contribution in [2.24, 2.45) is 58.0 Å². The predicted octanol–water partition coefficient (Wildman–Crippen LogP) is 6.14. The number of hydrogen-bond donors (Lipinski definition) is 1. The van der Waals surface area contributed by atoms with Crippen molar-refractivity contribution in [1.29, 1.82) is 0 Å². The lowest BCUT2D eigenvalue weighted by molar-refractivity contribution is -0.126. The molecule has 0 spiro atoms. The first kappa shape index (κ1) is 22.3. The molecule has 0 saturated heterocycles. The lowest BCUT2D eigenvalue weighted by atomic mass is 9.44. The van der Waals surface area contributed by atoms with Gasteiger partial charge in [-0.15, -0.1) is 0 Å². The Labute approximate surface area is 184 Å². The molecule has 4 rings (SSSR count). The Morgan fingerprint density at radius 1 is 0.967 bits per heavy atom. The normalized spacial score (nSPS) is 45.0. The molecule has 2 unspecified atom stereocenters. The van der Waals surface area contributed by atoms with E-state index in [0.29, 0.717) is 23.2 Å². The third-order valence-corrected chi connectivity index (χ3v) is 11.0. The van der Waals surface area contributed by atoms with E-state index < -0.39 is 11.8 Å². The Balaban J connectivity index is 1.41. The number of amides is 1. The summed E-state index contributed by atoms with van der Waals surface area (Å²) in [6.45, 7) is 7.74. The van der Waals surface area contributed by atoms with Crippen molar-refractivity contribution in [3.05, 3.63) is 0 Å². The predicted molar refractivity (Wildman–Crippen MR) is 122 cm³/mol. The molecule has 4 aliphatic rings. The average Bonchev–Trinajstić information content (AvgIpc) is 3.07. The van der Waals surface area contributed by atoms with Crippen LogP contribution in [0.25, 0.3) is 0 Å². The lowest BCUT2D eigenvalue weighted by Crippen LogP contribution is -2.53. The molecule has 3 nitrogen and oxygen atoms in total. The van der Waals surface area contributed by atoms with Crippen LogP contribution in [0, 0.1) is 52.3 Å². The summed E-state index contributed by atoms with van der Waals surface area (Å²) in [4.78, 5) is 22.4. The number of hydrogen-bond acceptors (Lipinski definition) is 2. The molecule has 170 valence electrons. The van der Waals surface area contributed by atoms with Gasteiger partial charge in [-0.2, -0.15) is 0 Å². The van der Waals surface area contributed by atoms with E-state index in [9.17, 15) is 9.59 Å². The molecule has 0 aromatic carbocycles. The van der Waals surface area contributed by atoms with Gasteiger partial charge in [0.05, 0.1) is 5.92 Å². The van der Waals surface area contributed by atoms with Crippen LogP contribution in [0.5, 0.6) is 0 Å². The number of fused-ring (bicyclic) bond motifs is 5. The van der Waals surface area contributed by atoms with Crippen LogP contribution in [0.1, 0.15) is 104 Å². The third-order valence-electron chi connectivity index (χ3n) is 11.0. The molecule has 0 heterocycles. The third kappa shape index (κ3) is 3.66. The number of primary amides is 1. The fourth-order valence-corrected chi connectivity index (χ4v) is 9.41. The largest absolute Gasteiger partial charge is 0.369 e. The molecule has 0 aromatic rings. The van der Waals surface area contributed by atoms with E-state index in [-0.39, 0.29) is 0 Å². The number of aldehydes is 1. The first-order valence-corrected chi connectivity index (χ1v) is 13.1. The first-order valence-electron chi connectivity index (χ1n) is 13.1. The van der Waals surface area contributed by atoms with Crippen LogP contribution in [0.2, 0.25) is 0 Å². The fraction of sp³-hybridized carbons (Fsp3) is 0.926. The monoisotopic (exact) mass is 415 g/mol. The SMILES string of the molecule is C[C@H](CCCC(C=O)C(N)=O)[C@H]1CC[C@H]2[C@@H]3CCC4CCCC[C@]4(C)[C@H]3CC[C@]12C. The first-order chi connectivity index (χ1) is 14.3. The van der Waals surface area contributed by atoms with Crippen LogP contribution >= 0.6 is 0 Å². The molecule has 9 atom stereocenters. The Morgan fingerprint density at radius 2 is 1.73 bits per heavy atom. The van der Waals surface area contributed by atoms with Crippen molar-refractivity contribution in [1.82, 2.24) is 0 Å². The van der Waals surface area contributed by atoms with Crippen LogP contribution in [-0.2, 0) is 9.59 Å². The van der Waals surface area contributed by atoms with Crippen LogP contribution in [0.3, 0.4) is 0 Å². The van der Waals surface area contributed by atoms with Gasteiger partial charge in [0.2, 0.25) is 5.91 Å². The molecular weight excluding hydrogens is 370 g/mol. The molecule has 3 heteroatoms. The summed E-state index contributed by atoms with van der Waals surface area (Å²) < 4.78 is 0. The summed E-state index contributed by atoms with van der Waals surface area (Å²) in [7, 11) is 0. The highest BCUT2D eigenvalue weighted by molar-refractivity contribution is 5.90. The van der Waals surface area contributed by atoms with Gasteiger partial charge in [-0.1, -0.05) is 46.5 Å². The second kappa shape index (κ2) is 8.58. The second-order valence-electron chi connectivity index (χ2n) is 12.2. The number of rotatable bonds is 7. The van der Waals surface area contributed by atoms with E-state index in [2.05, 4.69) is 20.8 Å². The zero-order valence-electron chi connectivity index (χ0n) is 19.7. The summed E-state index contributed by atoms with van der Waals surface area (Å²) in [5, 5.41) is 0. The van der Waals surface area contributed by atoms with Crippen molar-refractivity contribution in [2.45, 2.75) is 104 Å². The van der Waals surface area contributed by atoms with Crippen LogP contribution in [0.4, 0.5) is 0 Å². The summed E-state index contributed by atoms with van der Waals surface area (Å²) >= 11 is 0. The maximum atomic E-state index is 11.4. The molecule has 4 fully saturated rings. The van der Waals surface area contributed by atoms with Gasteiger partial charge in [0.15, 0.2) is 0 Å². The Hall–Kier alpha value is -0.860. The lowest BCUT2D eigenvalue weighted by Gasteiger charge is -2.61. The highest BCUT2D eigenvalue weighted by Crippen LogP contribution is 2.68. The molecule has 30 heavy (non-hydrogen) atoms. The molecule has 0 bridgehead atoms. The topological polar surface area (TPSA) is 60.2 Å². The maximum absolute atomic E-state index is 11.4. The maximum Gasteiger partial charge on any atom is 0.227 e. The molecule has 4 aliphatic carbocycles. The highest BCUT2D eigenvalue weighted by atomic mass is 16.2. The number of nitrogens with two attached hydrogens (primary N) is 1. The quantitative estimate of drug-likeness (QED) is 0.401. The summed E-state index contributed by atoms with van der Waals surface area (Å²) in [6, 6.07) is 0. The van der Waals surface area contributed by atoms with Gasteiger partial charge in [-0.05, 0) is 104 Å². The summed E-state index contributed by atoms with van der Waals surface area (Å²) in [5.41, 5.74) is 6.48. The van der Waals surface area contributed by atoms with Gasteiger partial charge >= 0.3 is 0 Å². The molecule has 4 saturated carbocycles. The standard InChI is InChI=1S/C27H45NO2/c1-18(7-6-8-19(17-29)25(28)30)22-12-13-23-21-11-10-20-9-4-5-15-26(20,2)24(21)14-16-27(22,23)3/h17-24H,4-16H2,1-3H3,(H2,28,30)/t18-,19?,20?,21+,22-,23+,24+,26+,27-/m1/s1. The number of carbonyl (C=O) groups is 2. The molecule has 0 radical (unpaired) electrons. The Morgan fingerprint density at radius 3 is 2.47 bits per heavy atom. The average molecular weight is 416 g/mol. The van der Waals surface area contributed by atoms with Gasteiger partial charge in [-0.3, -0.25) is 4.79 Å². The molecule has 2 N–H and O–H groups in total. The van der Waals surface area contributed by atoms with Crippen molar-refractivity contribution in [2.75, 3.05) is 0 Å². The van der Waals surface area contributed by atoms with Crippen LogP contribution in [-0.4, -0.2) is 12.2 Å². The summed E-state index contributed by atoms with van der Waals surface area (Å²) in [5.74, 6) is 4.31. The number of carbonyl (C=O) groups excluding carboxylic acids is 2. The van der Waals surface area contributed by atoms with E-state index >= 15 is 0 Å². The zero-order valence-corrected chi connectivity index (χ0v) is 19.7. The molecule has 0 aromatic heterocycles. The smallest absolute Gasteiger partial charge is 0.227 e.